The Bertz CT molecular complexity index is 826. The van der Waals surface area contributed by atoms with Crippen molar-refractivity contribution in [3.8, 4) is 5.75 Å². The van der Waals surface area contributed by atoms with E-state index < -0.39 is 0 Å². The summed E-state index contributed by atoms with van der Waals surface area (Å²) in [6, 6.07) is 13.0. The van der Waals surface area contributed by atoms with Gasteiger partial charge < -0.3 is 15.0 Å². The fourth-order valence-corrected chi connectivity index (χ4v) is 2.53. The molecule has 22 heavy (non-hydrogen) atoms. The summed E-state index contributed by atoms with van der Waals surface area (Å²) >= 11 is 6.09. The standard InChI is InChI=1S/C17H15ClN2O2/c1-22-12-6-7-16-13(8-12)14(10-19-16)17(21)20-9-11-4-2-3-5-15(11)18/h2-8,10,19H,9H2,1H3,(H,20,21). The lowest BCUT2D eigenvalue weighted by Gasteiger charge is -2.06. The number of fused-ring (bicyclic) bond motifs is 1. The van der Waals surface area contributed by atoms with Gasteiger partial charge in [0.25, 0.3) is 5.91 Å². The van der Waals surface area contributed by atoms with E-state index in [1.807, 2.05) is 36.4 Å². The van der Waals surface area contributed by atoms with Crippen LogP contribution in [0, 0.1) is 0 Å². The minimum Gasteiger partial charge on any atom is -0.497 e. The Hall–Kier alpha value is -2.46. The van der Waals surface area contributed by atoms with Gasteiger partial charge in [0.1, 0.15) is 5.75 Å². The Balaban J connectivity index is 1.82. The summed E-state index contributed by atoms with van der Waals surface area (Å²) in [6.07, 6.45) is 1.70. The fraction of sp³-hybridized carbons (Fsp3) is 0.118. The number of amides is 1. The lowest BCUT2D eigenvalue weighted by atomic mass is 10.1. The summed E-state index contributed by atoms with van der Waals surface area (Å²) < 4.78 is 5.21. The van der Waals surface area contributed by atoms with Crippen molar-refractivity contribution in [2.75, 3.05) is 7.11 Å². The Morgan fingerprint density at radius 1 is 1.27 bits per heavy atom. The van der Waals surface area contributed by atoms with Crippen molar-refractivity contribution < 1.29 is 9.53 Å². The largest absolute Gasteiger partial charge is 0.497 e. The van der Waals surface area contributed by atoms with E-state index in [-0.39, 0.29) is 5.91 Å². The molecule has 0 aliphatic heterocycles. The van der Waals surface area contributed by atoms with Crippen molar-refractivity contribution >= 4 is 28.4 Å². The predicted octanol–water partition coefficient (Wildman–Crippen LogP) is 3.76. The fourth-order valence-electron chi connectivity index (χ4n) is 2.33. The molecule has 0 spiro atoms. The Kier molecular flexibility index (Phi) is 4.02. The number of benzene rings is 2. The highest BCUT2D eigenvalue weighted by Gasteiger charge is 2.13. The van der Waals surface area contributed by atoms with Gasteiger partial charge >= 0.3 is 0 Å². The first-order chi connectivity index (χ1) is 10.7. The number of aromatic amines is 1. The molecule has 3 rings (SSSR count). The molecule has 2 aromatic carbocycles. The molecule has 112 valence electrons. The molecule has 1 aromatic heterocycles. The van der Waals surface area contributed by atoms with Gasteiger partial charge in [-0.25, -0.2) is 0 Å². The number of rotatable bonds is 4. The van der Waals surface area contributed by atoms with Gasteiger partial charge in [-0.05, 0) is 29.8 Å². The lowest BCUT2D eigenvalue weighted by Crippen LogP contribution is -2.22. The van der Waals surface area contributed by atoms with Crippen LogP contribution in [0.2, 0.25) is 5.02 Å². The zero-order valence-corrected chi connectivity index (χ0v) is 12.8. The van der Waals surface area contributed by atoms with Crippen LogP contribution in [0.15, 0.2) is 48.7 Å². The lowest BCUT2D eigenvalue weighted by molar-refractivity contribution is 0.0952. The van der Waals surface area contributed by atoms with E-state index in [4.69, 9.17) is 16.3 Å². The first-order valence-corrected chi connectivity index (χ1v) is 7.23. The van der Waals surface area contributed by atoms with Crippen molar-refractivity contribution in [3.63, 3.8) is 0 Å². The molecule has 0 aliphatic carbocycles. The Morgan fingerprint density at radius 2 is 2.09 bits per heavy atom. The van der Waals surface area contributed by atoms with Crippen LogP contribution in [-0.4, -0.2) is 18.0 Å². The van der Waals surface area contributed by atoms with Crippen LogP contribution >= 0.6 is 11.6 Å². The summed E-state index contributed by atoms with van der Waals surface area (Å²) in [5.74, 6) is 0.562. The predicted molar refractivity (Wildman–Crippen MR) is 87.5 cm³/mol. The van der Waals surface area contributed by atoms with Crippen molar-refractivity contribution in [2.45, 2.75) is 6.54 Å². The number of methoxy groups -OCH3 is 1. The maximum absolute atomic E-state index is 12.4. The summed E-state index contributed by atoms with van der Waals surface area (Å²) in [6.45, 7) is 0.384. The average Bonchev–Trinajstić information content (AvgIpc) is 2.96. The maximum Gasteiger partial charge on any atom is 0.253 e. The average molecular weight is 315 g/mol. The molecule has 1 amide bonds. The third-order valence-electron chi connectivity index (χ3n) is 3.53. The molecule has 2 N–H and O–H groups in total. The summed E-state index contributed by atoms with van der Waals surface area (Å²) in [4.78, 5) is 15.5. The van der Waals surface area contributed by atoms with Crippen molar-refractivity contribution in [1.82, 2.24) is 10.3 Å². The number of hydrogen-bond donors (Lipinski definition) is 2. The van der Waals surface area contributed by atoms with E-state index in [1.165, 1.54) is 0 Å². The van der Waals surface area contributed by atoms with Crippen LogP contribution in [0.25, 0.3) is 10.9 Å². The summed E-state index contributed by atoms with van der Waals surface area (Å²) in [5, 5.41) is 4.36. The molecule has 3 aromatic rings. The van der Waals surface area contributed by atoms with Gasteiger partial charge in [-0.3, -0.25) is 4.79 Å². The molecular weight excluding hydrogens is 300 g/mol. The molecule has 5 heteroatoms. The number of hydrogen-bond acceptors (Lipinski definition) is 2. The monoisotopic (exact) mass is 314 g/mol. The van der Waals surface area contributed by atoms with Gasteiger partial charge in [0, 0.05) is 28.7 Å². The number of halogens is 1. The van der Waals surface area contributed by atoms with Gasteiger partial charge in [0.05, 0.1) is 12.7 Å². The Morgan fingerprint density at radius 3 is 2.86 bits per heavy atom. The van der Waals surface area contributed by atoms with Gasteiger partial charge in [-0.1, -0.05) is 29.8 Å². The molecule has 0 saturated carbocycles. The molecule has 0 fully saturated rings. The first-order valence-electron chi connectivity index (χ1n) is 6.86. The second kappa shape index (κ2) is 6.12. The van der Waals surface area contributed by atoms with Crippen molar-refractivity contribution in [1.29, 1.82) is 0 Å². The third kappa shape index (κ3) is 2.78. The maximum atomic E-state index is 12.4. The molecule has 0 radical (unpaired) electrons. The quantitative estimate of drug-likeness (QED) is 0.770. The normalized spacial score (nSPS) is 10.6. The van der Waals surface area contributed by atoms with E-state index >= 15 is 0 Å². The van der Waals surface area contributed by atoms with E-state index in [0.717, 1.165) is 16.5 Å². The number of carbonyl (C=O) groups excluding carboxylic acids is 1. The number of carbonyl (C=O) groups is 1. The summed E-state index contributed by atoms with van der Waals surface area (Å²) in [5.41, 5.74) is 2.36. The number of nitrogens with one attached hydrogen (secondary N) is 2. The number of H-pyrrole nitrogens is 1. The van der Waals surface area contributed by atoms with Crippen LogP contribution < -0.4 is 10.1 Å². The molecule has 0 unspecified atom stereocenters. The zero-order chi connectivity index (χ0) is 15.5. The Labute approximate surface area is 133 Å². The second-order valence-corrected chi connectivity index (χ2v) is 5.30. The van der Waals surface area contributed by atoms with Crippen molar-refractivity contribution in [2.24, 2.45) is 0 Å². The van der Waals surface area contributed by atoms with E-state index in [9.17, 15) is 4.79 Å². The first kappa shape index (κ1) is 14.5. The van der Waals surface area contributed by atoms with Gasteiger partial charge in [0.15, 0.2) is 0 Å². The minimum absolute atomic E-state index is 0.153. The highest BCUT2D eigenvalue weighted by molar-refractivity contribution is 6.31. The van der Waals surface area contributed by atoms with Crippen molar-refractivity contribution in [3.05, 3.63) is 64.8 Å². The highest BCUT2D eigenvalue weighted by atomic mass is 35.5. The molecule has 1 heterocycles. The van der Waals surface area contributed by atoms with Crippen LogP contribution in [0.1, 0.15) is 15.9 Å². The SMILES string of the molecule is COc1ccc2[nH]cc(C(=O)NCc3ccccc3Cl)c2c1. The summed E-state index contributed by atoms with van der Waals surface area (Å²) in [7, 11) is 1.60. The number of aromatic nitrogens is 1. The second-order valence-electron chi connectivity index (χ2n) is 4.89. The van der Waals surface area contributed by atoms with Gasteiger partial charge in [0.2, 0.25) is 0 Å². The molecule has 0 aliphatic rings. The molecule has 0 atom stereocenters. The minimum atomic E-state index is -0.153. The van der Waals surface area contributed by atoms with Crippen LogP contribution in [-0.2, 0) is 6.54 Å². The van der Waals surface area contributed by atoms with Crippen LogP contribution in [0.5, 0.6) is 5.75 Å². The third-order valence-corrected chi connectivity index (χ3v) is 3.90. The molecule has 4 nitrogen and oxygen atoms in total. The topological polar surface area (TPSA) is 54.1 Å². The zero-order valence-electron chi connectivity index (χ0n) is 12.0. The smallest absolute Gasteiger partial charge is 0.253 e. The highest BCUT2D eigenvalue weighted by Crippen LogP contribution is 2.23. The van der Waals surface area contributed by atoms with E-state index in [2.05, 4.69) is 10.3 Å². The van der Waals surface area contributed by atoms with E-state index in [1.54, 1.807) is 19.4 Å². The molecule has 0 bridgehead atoms. The van der Waals surface area contributed by atoms with Gasteiger partial charge in [-0.15, -0.1) is 0 Å². The molecule has 0 saturated heterocycles. The number of ether oxygens (including phenoxy) is 1. The van der Waals surface area contributed by atoms with Crippen LogP contribution in [0.4, 0.5) is 0 Å². The van der Waals surface area contributed by atoms with Crippen LogP contribution in [0.3, 0.4) is 0 Å². The van der Waals surface area contributed by atoms with E-state index in [0.29, 0.717) is 22.9 Å². The molecular formula is C17H15ClN2O2. The van der Waals surface area contributed by atoms with Gasteiger partial charge in [-0.2, -0.15) is 0 Å².